The topological polar surface area (TPSA) is 69.6 Å². The Morgan fingerprint density at radius 2 is 1.31 bits per heavy atom. The molecule has 0 heterocycles. The van der Waals surface area contributed by atoms with Crippen LogP contribution in [0, 0.1) is 0 Å². The number of hydrogen-bond acceptors (Lipinski definition) is 3. The Kier molecular flexibility index (Phi) is 27.7. The highest BCUT2D eigenvalue weighted by Crippen LogP contribution is 2.09. The second kappa shape index (κ2) is 26.4. The fourth-order valence-corrected chi connectivity index (χ4v) is 2.60. The Labute approximate surface area is 162 Å². The molecule has 0 aliphatic rings. The van der Waals surface area contributed by atoms with Gasteiger partial charge < -0.3 is 15.5 Å². The number of unbranched alkanes of at least 4 members (excludes halogenated alkanes) is 11. The maximum absolute atomic E-state index is 10.3. The minimum Gasteiger partial charge on any atom is -0.481 e. The smallest absolute Gasteiger partial charge is 0.303 e. The minimum absolute atomic E-state index is 0.244. The van der Waals surface area contributed by atoms with Gasteiger partial charge in [0, 0.05) is 13.0 Å². The molecule has 4 heteroatoms. The summed E-state index contributed by atoms with van der Waals surface area (Å²) in [6.07, 6.45) is 21.2. The van der Waals surface area contributed by atoms with Gasteiger partial charge in [-0.25, -0.2) is 0 Å². The molecule has 0 saturated heterocycles. The number of allylic oxidation sites excluding steroid dienone is 2. The summed E-state index contributed by atoms with van der Waals surface area (Å²) < 4.78 is 0. The monoisotopic (exact) mass is 371 g/mol. The van der Waals surface area contributed by atoms with Crippen LogP contribution in [0.3, 0.4) is 0 Å². The molecule has 3 N–H and O–H groups in total. The predicted octanol–water partition coefficient (Wildman–Crippen LogP) is 5.70. The molecule has 0 amide bonds. The van der Waals surface area contributed by atoms with Crippen LogP contribution in [0.5, 0.6) is 0 Å². The van der Waals surface area contributed by atoms with E-state index in [0.29, 0.717) is 6.42 Å². The van der Waals surface area contributed by atoms with E-state index in [4.69, 9.17) is 10.2 Å². The molecule has 0 radical (unpaired) electrons. The summed E-state index contributed by atoms with van der Waals surface area (Å²) in [5.74, 6) is -0.664. The molecule has 0 fully saturated rings. The number of hydrogen-bond donors (Lipinski definition) is 3. The van der Waals surface area contributed by atoms with Crippen LogP contribution in [-0.2, 0) is 4.79 Å². The van der Waals surface area contributed by atoms with Crippen molar-refractivity contribution in [1.29, 1.82) is 0 Å². The molecule has 0 bridgehead atoms. The van der Waals surface area contributed by atoms with Crippen molar-refractivity contribution in [3.63, 3.8) is 0 Å². The van der Waals surface area contributed by atoms with Crippen molar-refractivity contribution in [3.05, 3.63) is 12.2 Å². The molecule has 0 aromatic heterocycles. The third kappa shape index (κ3) is 31.0. The Hall–Kier alpha value is -0.870. The molecule has 156 valence electrons. The van der Waals surface area contributed by atoms with E-state index in [9.17, 15) is 4.79 Å². The normalized spacial score (nSPS) is 10.7. The summed E-state index contributed by atoms with van der Waals surface area (Å²) >= 11 is 0. The lowest BCUT2D eigenvalue weighted by molar-refractivity contribution is -0.137. The van der Waals surface area contributed by atoms with Crippen LogP contribution in [0.25, 0.3) is 0 Å². The first-order valence-electron chi connectivity index (χ1n) is 10.9. The molecule has 26 heavy (non-hydrogen) atoms. The van der Waals surface area contributed by atoms with Gasteiger partial charge in [0.05, 0.1) is 6.61 Å². The molecule has 0 aliphatic carbocycles. The molecule has 0 aromatic carbocycles. The van der Waals surface area contributed by atoms with Crippen LogP contribution in [0.2, 0.25) is 0 Å². The van der Waals surface area contributed by atoms with Crippen LogP contribution in [0.4, 0.5) is 0 Å². The summed E-state index contributed by atoms with van der Waals surface area (Å²) in [5, 5.41) is 19.6. The van der Waals surface area contributed by atoms with Gasteiger partial charge in [-0.2, -0.15) is 0 Å². The van der Waals surface area contributed by atoms with Crippen LogP contribution >= 0.6 is 0 Å². The molecule has 0 aliphatic heterocycles. The number of carboxylic acids is 1. The molecule has 0 atom stereocenters. The zero-order chi connectivity index (χ0) is 19.7. The minimum atomic E-state index is -0.664. The molecule has 4 nitrogen and oxygen atoms in total. The maximum atomic E-state index is 10.3. The molecule has 0 rings (SSSR count). The first kappa shape index (κ1) is 27.3. The lowest BCUT2D eigenvalue weighted by atomic mass is 10.1. The number of nitrogens with one attached hydrogen (secondary N) is 1. The third-order valence-corrected chi connectivity index (χ3v) is 4.19. The van der Waals surface area contributed by atoms with Crippen molar-refractivity contribution in [3.8, 4) is 0 Å². The Morgan fingerprint density at radius 3 is 1.73 bits per heavy atom. The first-order chi connectivity index (χ1) is 12.7. The van der Waals surface area contributed by atoms with Crippen LogP contribution in [0.15, 0.2) is 12.2 Å². The number of carbonyl (C=O) groups is 1. The molecule has 0 saturated carbocycles. The average molecular weight is 372 g/mol. The summed E-state index contributed by atoms with van der Waals surface area (Å²) in [6, 6.07) is 0. The largest absolute Gasteiger partial charge is 0.481 e. The number of rotatable bonds is 18. The van der Waals surface area contributed by atoms with Crippen molar-refractivity contribution >= 4 is 5.97 Å². The van der Waals surface area contributed by atoms with Crippen LogP contribution < -0.4 is 5.32 Å². The highest BCUT2D eigenvalue weighted by atomic mass is 16.4. The van der Waals surface area contributed by atoms with E-state index in [1.807, 2.05) is 6.92 Å². The third-order valence-electron chi connectivity index (χ3n) is 4.19. The van der Waals surface area contributed by atoms with Crippen molar-refractivity contribution in [2.75, 3.05) is 19.7 Å². The second-order valence-corrected chi connectivity index (χ2v) is 6.81. The standard InChI is InChI=1S/C18H34O2.C4H11NO/c1-2-3-4-5-6-7-8-9-10-11-12-13-14-15-16-17-18(19)20;1-2-5-3-4-6/h9-10H,2-8,11-17H2,1H3,(H,19,20);5-6H,2-4H2,1H3/b10-9-;. The maximum Gasteiger partial charge on any atom is 0.303 e. The van der Waals surface area contributed by atoms with Gasteiger partial charge in [0.15, 0.2) is 0 Å². The highest BCUT2D eigenvalue weighted by molar-refractivity contribution is 5.66. The van der Waals surface area contributed by atoms with Gasteiger partial charge in [0.1, 0.15) is 0 Å². The van der Waals surface area contributed by atoms with Crippen LogP contribution in [0.1, 0.15) is 104 Å². The fraction of sp³-hybridized carbons (Fsp3) is 0.864. The number of aliphatic carboxylic acids is 1. The van der Waals surface area contributed by atoms with Gasteiger partial charge in [-0.1, -0.05) is 77.4 Å². The molecule has 0 aromatic rings. The van der Waals surface area contributed by atoms with E-state index >= 15 is 0 Å². The first-order valence-corrected chi connectivity index (χ1v) is 10.9. The molecule has 0 spiro atoms. The van der Waals surface area contributed by atoms with Crippen LogP contribution in [-0.4, -0.2) is 35.9 Å². The van der Waals surface area contributed by atoms with Gasteiger partial charge in [-0.05, 0) is 38.6 Å². The van der Waals surface area contributed by atoms with Gasteiger partial charge in [0.25, 0.3) is 0 Å². The van der Waals surface area contributed by atoms with E-state index in [2.05, 4.69) is 24.4 Å². The van der Waals surface area contributed by atoms with Crippen molar-refractivity contribution < 1.29 is 15.0 Å². The quantitative estimate of drug-likeness (QED) is 0.214. The fourth-order valence-electron chi connectivity index (χ4n) is 2.60. The van der Waals surface area contributed by atoms with Crippen molar-refractivity contribution in [2.45, 2.75) is 104 Å². The molecule has 0 unspecified atom stereocenters. The average Bonchev–Trinajstić information content (AvgIpc) is 2.63. The summed E-state index contributed by atoms with van der Waals surface area (Å²) in [5.41, 5.74) is 0. The molecular formula is C22H45NO3. The van der Waals surface area contributed by atoms with E-state index in [-0.39, 0.29) is 6.61 Å². The SMILES string of the molecule is CCCCCCCC/C=C\CCCCCCCC(=O)O.CCNCCO. The van der Waals surface area contributed by atoms with E-state index < -0.39 is 5.97 Å². The number of carboxylic acid groups (broad SMARTS) is 1. The van der Waals surface area contributed by atoms with Gasteiger partial charge in [-0.15, -0.1) is 0 Å². The zero-order valence-corrected chi connectivity index (χ0v) is 17.5. The van der Waals surface area contributed by atoms with Gasteiger partial charge in [-0.3, -0.25) is 4.79 Å². The zero-order valence-electron chi connectivity index (χ0n) is 17.5. The predicted molar refractivity (Wildman–Crippen MR) is 113 cm³/mol. The summed E-state index contributed by atoms with van der Waals surface area (Å²) in [7, 11) is 0. The Morgan fingerprint density at radius 1 is 0.808 bits per heavy atom. The van der Waals surface area contributed by atoms with Gasteiger partial charge >= 0.3 is 5.97 Å². The second-order valence-electron chi connectivity index (χ2n) is 6.81. The number of aliphatic hydroxyl groups excluding tert-OH is 1. The van der Waals surface area contributed by atoms with E-state index in [1.54, 1.807) is 0 Å². The van der Waals surface area contributed by atoms with E-state index in [0.717, 1.165) is 25.9 Å². The number of aliphatic hydroxyl groups is 1. The lowest BCUT2D eigenvalue weighted by Crippen LogP contribution is -2.16. The van der Waals surface area contributed by atoms with Crippen molar-refractivity contribution in [2.24, 2.45) is 0 Å². The summed E-state index contributed by atoms with van der Waals surface area (Å²) in [6.45, 7) is 6.18. The Balaban J connectivity index is 0. The Bertz CT molecular complexity index is 289. The lowest BCUT2D eigenvalue weighted by Gasteiger charge is -1.99. The van der Waals surface area contributed by atoms with Gasteiger partial charge in [0.2, 0.25) is 0 Å². The summed E-state index contributed by atoms with van der Waals surface area (Å²) in [4.78, 5) is 10.3. The van der Waals surface area contributed by atoms with Crippen molar-refractivity contribution in [1.82, 2.24) is 5.32 Å². The highest BCUT2D eigenvalue weighted by Gasteiger charge is 1.95. The number of likely N-dealkylation sites (N-methyl/N-ethyl adjacent to an activating group) is 1. The van der Waals surface area contributed by atoms with E-state index in [1.165, 1.54) is 70.6 Å². The molecular weight excluding hydrogens is 326 g/mol.